The number of hydrogen-bond acceptors (Lipinski definition) is 9. The fourth-order valence-electron chi connectivity index (χ4n) is 3.52. The van der Waals surface area contributed by atoms with E-state index in [0.717, 1.165) is 29.8 Å². The SMILES string of the molecule is CCNc1nc(NCC)n2c(SCC(=O)NCCCn3c(C)nc4ccccc43)nnc2n1. The third-order valence-electron chi connectivity index (χ3n) is 4.97. The smallest absolute Gasteiger partial charge is 0.261 e. The van der Waals surface area contributed by atoms with Crippen LogP contribution < -0.4 is 16.0 Å². The van der Waals surface area contributed by atoms with Gasteiger partial charge in [-0.25, -0.2) is 9.38 Å². The maximum Gasteiger partial charge on any atom is 0.261 e. The van der Waals surface area contributed by atoms with Gasteiger partial charge >= 0.3 is 0 Å². The number of benzene rings is 1. The van der Waals surface area contributed by atoms with E-state index < -0.39 is 0 Å². The average Bonchev–Trinajstić information content (AvgIpc) is 3.36. The van der Waals surface area contributed by atoms with Crippen molar-refractivity contribution in [3.63, 3.8) is 0 Å². The van der Waals surface area contributed by atoms with Crippen molar-refractivity contribution in [3.05, 3.63) is 30.1 Å². The zero-order chi connectivity index (χ0) is 23.2. The Bertz CT molecular complexity index is 1250. The van der Waals surface area contributed by atoms with E-state index in [1.165, 1.54) is 11.8 Å². The molecule has 0 aliphatic heterocycles. The molecule has 0 atom stereocenters. The van der Waals surface area contributed by atoms with Gasteiger partial charge in [0, 0.05) is 26.2 Å². The van der Waals surface area contributed by atoms with Crippen molar-refractivity contribution in [3.8, 4) is 0 Å². The number of rotatable bonds is 11. The van der Waals surface area contributed by atoms with Gasteiger partial charge < -0.3 is 20.5 Å². The van der Waals surface area contributed by atoms with Crippen molar-refractivity contribution in [2.45, 2.75) is 38.9 Å². The van der Waals surface area contributed by atoms with Crippen LogP contribution in [0.15, 0.2) is 29.4 Å². The van der Waals surface area contributed by atoms with Crippen LogP contribution in [0, 0.1) is 6.92 Å². The van der Waals surface area contributed by atoms with Crippen LogP contribution in [0.2, 0.25) is 0 Å². The molecule has 0 saturated carbocycles. The topological polar surface area (TPSA) is 127 Å². The number of aryl methyl sites for hydroxylation is 2. The molecule has 0 bridgehead atoms. The minimum absolute atomic E-state index is 0.0563. The van der Waals surface area contributed by atoms with Crippen LogP contribution in [0.3, 0.4) is 0 Å². The molecule has 4 rings (SSSR count). The molecule has 0 fully saturated rings. The fraction of sp³-hybridized carbons (Fsp3) is 0.429. The number of imidazole rings is 1. The molecule has 3 aromatic heterocycles. The largest absolute Gasteiger partial charge is 0.355 e. The minimum atomic E-state index is -0.0563. The number of hydrogen-bond donors (Lipinski definition) is 3. The molecule has 174 valence electrons. The zero-order valence-corrected chi connectivity index (χ0v) is 19.8. The second-order valence-corrected chi connectivity index (χ2v) is 8.28. The monoisotopic (exact) mass is 468 g/mol. The number of nitrogens with one attached hydrogen (secondary N) is 3. The van der Waals surface area contributed by atoms with E-state index in [9.17, 15) is 4.79 Å². The molecule has 0 aliphatic carbocycles. The van der Waals surface area contributed by atoms with Crippen LogP contribution in [-0.2, 0) is 11.3 Å². The lowest BCUT2D eigenvalue weighted by Crippen LogP contribution is -2.27. The normalized spacial score (nSPS) is 11.2. The van der Waals surface area contributed by atoms with Crippen molar-refractivity contribution in [2.24, 2.45) is 0 Å². The fourth-order valence-corrected chi connectivity index (χ4v) is 4.28. The molecular weight excluding hydrogens is 440 g/mol. The minimum Gasteiger partial charge on any atom is -0.355 e. The summed E-state index contributed by atoms with van der Waals surface area (Å²) in [5.41, 5.74) is 2.11. The molecule has 3 N–H and O–H groups in total. The van der Waals surface area contributed by atoms with Gasteiger partial charge in [-0.1, -0.05) is 23.9 Å². The van der Waals surface area contributed by atoms with Crippen LogP contribution in [-0.4, -0.2) is 65.4 Å². The van der Waals surface area contributed by atoms with E-state index in [1.807, 2.05) is 39.0 Å². The van der Waals surface area contributed by atoms with E-state index >= 15 is 0 Å². The third-order valence-corrected chi connectivity index (χ3v) is 5.90. The number of anilines is 2. The Kier molecular flexibility index (Phi) is 7.23. The molecule has 4 aromatic rings. The van der Waals surface area contributed by atoms with Gasteiger partial charge in [-0.05, 0) is 39.3 Å². The van der Waals surface area contributed by atoms with Crippen LogP contribution in [0.4, 0.5) is 11.9 Å². The standard InChI is InChI=1S/C21H28N10OS/c1-4-22-18-26-19(23-5-2)31-20(27-18)28-29-21(31)33-13-17(32)24-11-8-12-30-14(3)25-15-9-6-7-10-16(15)30/h6-7,9-10H,4-5,8,11-13H2,1-3H3,(H,24,32)(H2,22,23,26,27,28). The highest BCUT2D eigenvalue weighted by molar-refractivity contribution is 7.99. The summed E-state index contributed by atoms with van der Waals surface area (Å²) in [5.74, 6) is 2.67. The second-order valence-electron chi connectivity index (χ2n) is 7.34. The summed E-state index contributed by atoms with van der Waals surface area (Å²) in [6, 6.07) is 8.09. The van der Waals surface area contributed by atoms with Gasteiger partial charge in [0.25, 0.3) is 5.78 Å². The van der Waals surface area contributed by atoms with Crippen molar-refractivity contribution in [1.29, 1.82) is 0 Å². The summed E-state index contributed by atoms with van der Waals surface area (Å²) in [6.45, 7) is 8.74. The maximum absolute atomic E-state index is 12.4. The summed E-state index contributed by atoms with van der Waals surface area (Å²) in [6.07, 6.45) is 0.817. The summed E-state index contributed by atoms with van der Waals surface area (Å²) in [5, 5.41) is 18.2. The van der Waals surface area contributed by atoms with Gasteiger partial charge in [0.05, 0.1) is 16.8 Å². The lowest BCUT2D eigenvalue weighted by molar-refractivity contribution is -0.118. The lowest BCUT2D eigenvalue weighted by atomic mass is 10.3. The van der Waals surface area contributed by atoms with E-state index in [0.29, 0.717) is 42.5 Å². The Morgan fingerprint density at radius 1 is 1.06 bits per heavy atom. The Balaban J connectivity index is 1.32. The molecule has 1 aromatic carbocycles. The molecule has 12 heteroatoms. The van der Waals surface area contributed by atoms with Crippen molar-refractivity contribution in [1.82, 2.24) is 39.4 Å². The summed E-state index contributed by atoms with van der Waals surface area (Å²) >= 11 is 1.31. The number of thioether (sulfide) groups is 1. The van der Waals surface area contributed by atoms with Crippen molar-refractivity contribution >= 4 is 46.4 Å². The van der Waals surface area contributed by atoms with Crippen molar-refractivity contribution in [2.75, 3.05) is 36.0 Å². The molecule has 1 amide bonds. The number of carbonyl (C=O) groups excluding carboxylic acids is 1. The number of para-hydroxylation sites is 2. The van der Waals surface area contributed by atoms with Gasteiger partial charge in [0.15, 0.2) is 5.16 Å². The highest BCUT2D eigenvalue weighted by Crippen LogP contribution is 2.21. The first-order chi connectivity index (χ1) is 16.1. The third kappa shape index (κ3) is 5.16. The Hall–Kier alpha value is -3.41. The predicted molar refractivity (Wildman–Crippen MR) is 130 cm³/mol. The Morgan fingerprint density at radius 2 is 1.88 bits per heavy atom. The number of amides is 1. The molecule has 33 heavy (non-hydrogen) atoms. The van der Waals surface area contributed by atoms with Gasteiger partial charge in [-0.3, -0.25) is 4.79 Å². The van der Waals surface area contributed by atoms with E-state index in [4.69, 9.17) is 0 Å². The first kappa shape index (κ1) is 22.8. The van der Waals surface area contributed by atoms with E-state index in [-0.39, 0.29) is 11.7 Å². The van der Waals surface area contributed by atoms with Crippen LogP contribution in [0.1, 0.15) is 26.1 Å². The number of carbonyl (C=O) groups is 1. The average molecular weight is 469 g/mol. The molecule has 0 aliphatic rings. The summed E-state index contributed by atoms with van der Waals surface area (Å²) in [7, 11) is 0. The summed E-state index contributed by atoms with van der Waals surface area (Å²) in [4.78, 5) is 25.8. The van der Waals surface area contributed by atoms with E-state index in [1.54, 1.807) is 4.40 Å². The van der Waals surface area contributed by atoms with Crippen LogP contribution in [0.5, 0.6) is 0 Å². The number of fused-ring (bicyclic) bond motifs is 2. The number of nitrogens with zero attached hydrogens (tertiary/aromatic N) is 7. The molecular formula is C21H28N10OS. The van der Waals surface area contributed by atoms with Gasteiger partial charge in [0.2, 0.25) is 17.8 Å². The molecule has 11 nitrogen and oxygen atoms in total. The highest BCUT2D eigenvalue weighted by atomic mass is 32.2. The second kappa shape index (κ2) is 10.5. The van der Waals surface area contributed by atoms with Gasteiger partial charge in [-0.15, -0.1) is 10.2 Å². The van der Waals surface area contributed by atoms with Gasteiger partial charge in [0.1, 0.15) is 5.82 Å². The van der Waals surface area contributed by atoms with E-state index in [2.05, 4.69) is 51.7 Å². The predicted octanol–water partition coefficient (Wildman–Crippen LogP) is 2.34. The molecule has 0 spiro atoms. The van der Waals surface area contributed by atoms with Crippen LogP contribution in [0.25, 0.3) is 16.8 Å². The Morgan fingerprint density at radius 3 is 2.70 bits per heavy atom. The lowest BCUT2D eigenvalue weighted by Gasteiger charge is -2.10. The maximum atomic E-state index is 12.4. The molecule has 0 unspecified atom stereocenters. The quantitative estimate of drug-likeness (QED) is 0.224. The molecule has 0 saturated heterocycles. The molecule has 0 radical (unpaired) electrons. The number of aromatic nitrogens is 7. The highest BCUT2D eigenvalue weighted by Gasteiger charge is 2.16. The van der Waals surface area contributed by atoms with Gasteiger partial charge in [-0.2, -0.15) is 9.97 Å². The summed E-state index contributed by atoms with van der Waals surface area (Å²) < 4.78 is 3.91. The first-order valence-corrected chi connectivity index (χ1v) is 12.0. The first-order valence-electron chi connectivity index (χ1n) is 11.0. The molecule has 3 heterocycles. The Labute approximate surface area is 195 Å². The van der Waals surface area contributed by atoms with Crippen molar-refractivity contribution < 1.29 is 4.79 Å². The van der Waals surface area contributed by atoms with Crippen LogP contribution >= 0.6 is 11.8 Å². The zero-order valence-electron chi connectivity index (χ0n) is 19.0.